The maximum atomic E-state index is 13.6. The number of benzene rings is 1. The molecule has 7 nitrogen and oxygen atoms in total. The van der Waals surface area contributed by atoms with Crippen LogP contribution in [0.15, 0.2) is 18.2 Å². The van der Waals surface area contributed by atoms with Crippen molar-refractivity contribution in [1.82, 2.24) is 9.80 Å². The predicted molar refractivity (Wildman–Crippen MR) is 125 cm³/mol. The van der Waals surface area contributed by atoms with Crippen LogP contribution in [-0.4, -0.2) is 71.4 Å². The van der Waals surface area contributed by atoms with Gasteiger partial charge in [-0.15, -0.1) is 0 Å². The highest BCUT2D eigenvalue weighted by Gasteiger charge is 2.53. The van der Waals surface area contributed by atoms with Gasteiger partial charge in [0, 0.05) is 31.2 Å². The van der Waals surface area contributed by atoms with Crippen LogP contribution in [0.1, 0.15) is 71.3 Å². The van der Waals surface area contributed by atoms with Crippen molar-refractivity contribution in [3.05, 3.63) is 29.3 Å². The van der Waals surface area contributed by atoms with Gasteiger partial charge in [0.1, 0.15) is 5.60 Å². The Hall–Kier alpha value is -2.06. The van der Waals surface area contributed by atoms with Gasteiger partial charge in [-0.25, -0.2) is 4.79 Å². The highest BCUT2D eigenvalue weighted by molar-refractivity contribution is 6.64. The van der Waals surface area contributed by atoms with Gasteiger partial charge >= 0.3 is 13.2 Å². The SMILES string of the molecule is Cc1cccc(C(=O)N2CCN(C(=O)OC(C)(C)C)[C@@H](C)C2)c1B1OC(C)(C)C(C)(C)O1. The molecule has 2 heterocycles. The van der Waals surface area contributed by atoms with Crippen molar-refractivity contribution in [3.63, 3.8) is 0 Å². The van der Waals surface area contributed by atoms with Crippen LogP contribution in [0.2, 0.25) is 0 Å². The molecule has 0 aliphatic carbocycles. The van der Waals surface area contributed by atoms with E-state index in [1.165, 1.54) is 0 Å². The molecule has 2 amide bonds. The van der Waals surface area contributed by atoms with Crippen molar-refractivity contribution in [2.75, 3.05) is 19.6 Å². The molecular formula is C24H37BN2O5. The standard InChI is InChI=1S/C24H37BN2O5/c1-16-11-10-12-18(19(16)25-31-23(6,7)24(8,9)32-25)20(28)26-13-14-27(17(2)15-26)21(29)30-22(3,4)5/h10-12,17H,13-15H2,1-9H3/t17-/m0/s1. The molecule has 0 unspecified atom stereocenters. The van der Waals surface area contributed by atoms with Gasteiger partial charge in [0.05, 0.1) is 11.2 Å². The third kappa shape index (κ3) is 4.81. The van der Waals surface area contributed by atoms with E-state index in [0.717, 1.165) is 11.0 Å². The second kappa shape index (κ2) is 8.38. The van der Waals surface area contributed by atoms with Gasteiger partial charge < -0.3 is 23.8 Å². The molecule has 1 atom stereocenters. The third-order valence-corrected chi connectivity index (χ3v) is 6.59. The lowest BCUT2D eigenvalue weighted by Gasteiger charge is -2.40. The van der Waals surface area contributed by atoms with Crippen molar-refractivity contribution in [3.8, 4) is 0 Å². The van der Waals surface area contributed by atoms with Crippen molar-refractivity contribution >= 4 is 24.6 Å². The minimum Gasteiger partial charge on any atom is -0.444 e. The monoisotopic (exact) mass is 444 g/mol. The lowest BCUT2D eigenvalue weighted by Crippen LogP contribution is -2.57. The fourth-order valence-corrected chi connectivity index (χ4v) is 4.05. The number of carbonyl (C=O) groups excluding carboxylic acids is 2. The number of aryl methyl sites for hydroxylation is 1. The van der Waals surface area contributed by atoms with Gasteiger partial charge in [-0.2, -0.15) is 0 Å². The number of piperazine rings is 1. The lowest BCUT2D eigenvalue weighted by molar-refractivity contribution is 0.00200. The summed E-state index contributed by atoms with van der Waals surface area (Å²) in [6, 6.07) is 5.55. The van der Waals surface area contributed by atoms with E-state index in [2.05, 4.69) is 0 Å². The van der Waals surface area contributed by atoms with E-state index in [9.17, 15) is 9.59 Å². The second-order valence-electron chi connectivity index (χ2n) is 10.9. The first kappa shape index (κ1) is 24.6. The summed E-state index contributed by atoms with van der Waals surface area (Å²) in [5, 5.41) is 0. The molecule has 0 radical (unpaired) electrons. The molecule has 0 N–H and O–H groups in total. The highest BCUT2D eigenvalue weighted by Crippen LogP contribution is 2.37. The van der Waals surface area contributed by atoms with E-state index in [4.69, 9.17) is 14.0 Å². The Morgan fingerprint density at radius 2 is 1.69 bits per heavy atom. The summed E-state index contributed by atoms with van der Waals surface area (Å²) in [5.74, 6) is -0.0749. The fraction of sp³-hybridized carbons (Fsp3) is 0.667. The first-order valence-electron chi connectivity index (χ1n) is 11.4. The quantitative estimate of drug-likeness (QED) is 0.655. The summed E-state index contributed by atoms with van der Waals surface area (Å²) in [4.78, 5) is 29.6. The summed E-state index contributed by atoms with van der Waals surface area (Å²) >= 11 is 0. The van der Waals surface area contributed by atoms with Crippen LogP contribution in [0.3, 0.4) is 0 Å². The maximum absolute atomic E-state index is 13.6. The lowest BCUT2D eigenvalue weighted by atomic mass is 9.73. The van der Waals surface area contributed by atoms with Crippen LogP contribution in [-0.2, 0) is 14.0 Å². The van der Waals surface area contributed by atoms with Crippen LogP contribution in [0.25, 0.3) is 0 Å². The summed E-state index contributed by atoms with van der Waals surface area (Å²) in [5.41, 5.74) is 0.777. The molecule has 2 aliphatic rings. The average Bonchev–Trinajstić information content (AvgIpc) is 2.86. The van der Waals surface area contributed by atoms with Crippen LogP contribution < -0.4 is 5.46 Å². The molecule has 8 heteroatoms. The normalized spacial score (nSPS) is 22.8. The number of carbonyl (C=O) groups is 2. The molecule has 0 aromatic heterocycles. The summed E-state index contributed by atoms with van der Waals surface area (Å²) in [7, 11) is -0.611. The molecule has 2 aliphatic heterocycles. The molecule has 0 bridgehead atoms. The van der Waals surface area contributed by atoms with E-state index in [0.29, 0.717) is 25.2 Å². The van der Waals surface area contributed by atoms with Crippen molar-refractivity contribution in [1.29, 1.82) is 0 Å². The van der Waals surface area contributed by atoms with Crippen LogP contribution in [0, 0.1) is 6.92 Å². The molecule has 0 saturated carbocycles. The van der Waals surface area contributed by atoms with Gasteiger partial charge in [0.2, 0.25) is 0 Å². The minimum absolute atomic E-state index is 0.0749. The van der Waals surface area contributed by atoms with Crippen molar-refractivity contribution in [2.45, 2.75) is 85.2 Å². The smallest absolute Gasteiger partial charge is 0.444 e. The molecule has 2 saturated heterocycles. The molecule has 32 heavy (non-hydrogen) atoms. The molecule has 1 aromatic carbocycles. The van der Waals surface area contributed by atoms with Gasteiger partial charge in [-0.05, 0) is 73.8 Å². The van der Waals surface area contributed by atoms with Gasteiger partial charge in [0.15, 0.2) is 0 Å². The number of ether oxygens (including phenoxy) is 1. The predicted octanol–water partition coefficient (Wildman–Crippen LogP) is 3.38. The number of hydrogen-bond acceptors (Lipinski definition) is 5. The van der Waals surface area contributed by atoms with Crippen LogP contribution in [0.4, 0.5) is 4.79 Å². The average molecular weight is 444 g/mol. The fourth-order valence-electron chi connectivity index (χ4n) is 4.05. The first-order valence-corrected chi connectivity index (χ1v) is 11.4. The summed E-state index contributed by atoms with van der Waals surface area (Å²) in [6.45, 7) is 18.8. The Balaban J connectivity index is 1.80. The Labute approximate surface area is 192 Å². The zero-order valence-corrected chi connectivity index (χ0v) is 20.9. The topological polar surface area (TPSA) is 68.3 Å². The summed E-state index contributed by atoms with van der Waals surface area (Å²) < 4.78 is 18.0. The molecule has 2 fully saturated rings. The molecular weight excluding hydrogens is 407 g/mol. The molecule has 0 spiro atoms. The van der Waals surface area contributed by atoms with Gasteiger partial charge in [-0.1, -0.05) is 17.7 Å². The van der Waals surface area contributed by atoms with Gasteiger partial charge in [0.25, 0.3) is 5.91 Å². The Bertz CT molecular complexity index is 877. The second-order valence-corrected chi connectivity index (χ2v) is 10.9. The zero-order valence-electron chi connectivity index (χ0n) is 20.9. The largest absolute Gasteiger partial charge is 0.495 e. The van der Waals surface area contributed by atoms with Crippen molar-refractivity contribution < 1.29 is 23.6 Å². The molecule has 1 aromatic rings. The number of nitrogens with zero attached hydrogens (tertiary/aromatic N) is 2. The number of hydrogen-bond donors (Lipinski definition) is 0. The maximum Gasteiger partial charge on any atom is 0.495 e. The number of rotatable bonds is 2. The Morgan fingerprint density at radius 3 is 2.22 bits per heavy atom. The van der Waals surface area contributed by atoms with E-state index in [1.807, 2.05) is 80.5 Å². The van der Waals surface area contributed by atoms with Crippen molar-refractivity contribution in [2.24, 2.45) is 0 Å². The Morgan fingerprint density at radius 1 is 1.09 bits per heavy atom. The van der Waals surface area contributed by atoms with E-state index in [1.54, 1.807) is 9.80 Å². The Kier molecular flexibility index (Phi) is 6.44. The molecule has 3 rings (SSSR count). The van der Waals surface area contributed by atoms with E-state index in [-0.39, 0.29) is 18.0 Å². The van der Waals surface area contributed by atoms with Gasteiger partial charge in [-0.3, -0.25) is 4.79 Å². The van der Waals surface area contributed by atoms with E-state index >= 15 is 0 Å². The third-order valence-electron chi connectivity index (χ3n) is 6.59. The van der Waals surface area contributed by atoms with E-state index < -0.39 is 23.9 Å². The van der Waals surface area contributed by atoms with Crippen LogP contribution >= 0.6 is 0 Å². The first-order chi connectivity index (χ1) is 14.6. The summed E-state index contributed by atoms with van der Waals surface area (Å²) in [6.07, 6.45) is -0.342. The molecule has 176 valence electrons. The van der Waals surface area contributed by atoms with Crippen LogP contribution in [0.5, 0.6) is 0 Å². The zero-order chi connectivity index (χ0) is 24.1. The minimum atomic E-state index is -0.611. The highest BCUT2D eigenvalue weighted by atomic mass is 16.7. The number of amides is 2.